The number of rotatable bonds is 7. The first kappa shape index (κ1) is 33.8. The van der Waals surface area contributed by atoms with E-state index in [1.165, 1.54) is 4.57 Å². The van der Waals surface area contributed by atoms with Crippen molar-refractivity contribution in [2.24, 2.45) is 18.9 Å². The van der Waals surface area contributed by atoms with E-state index in [1.807, 2.05) is 30.3 Å². The van der Waals surface area contributed by atoms with Crippen molar-refractivity contribution in [2.45, 2.75) is 56.4 Å². The topological polar surface area (TPSA) is 150 Å². The smallest absolute Gasteiger partial charge is 0.329 e. The molecule has 0 radical (unpaired) electrons. The number of imidazole rings is 1. The molecule has 4 aliphatic heterocycles. The lowest BCUT2D eigenvalue weighted by atomic mass is 9.83. The molecule has 3 saturated heterocycles. The third kappa shape index (κ3) is 5.72. The molecule has 282 valence electrons. The van der Waals surface area contributed by atoms with Crippen molar-refractivity contribution in [3.8, 4) is 22.8 Å². The minimum atomic E-state index is -0.695. The molecule has 14 heteroatoms. The van der Waals surface area contributed by atoms with Crippen LogP contribution in [0, 0.1) is 17.7 Å². The van der Waals surface area contributed by atoms with Crippen LogP contribution in [0.2, 0.25) is 0 Å². The summed E-state index contributed by atoms with van der Waals surface area (Å²) in [6, 6.07) is 14.2. The Hall–Kier alpha value is -5.79. The lowest BCUT2D eigenvalue weighted by molar-refractivity contribution is -0.135. The van der Waals surface area contributed by atoms with Crippen molar-refractivity contribution >= 4 is 40.1 Å². The number of nitrogens with zero attached hydrogens (tertiary/aromatic N) is 6. The van der Waals surface area contributed by atoms with Gasteiger partial charge in [0, 0.05) is 74.9 Å². The van der Waals surface area contributed by atoms with E-state index in [2.05, 4.69) is 30.4 Å². The van der Waals surface area contributed by atoms with Crippen LogP contribution in [0.5, 0.6) is 0 Å². The number of carbonyl (C=O) groups excluding carboxylic acids is 3. The zero-order valence-electron chi connectivity index (χ0n) is 30.6. The van der Waals surface area contributed by atoms with Gasteiger partial charge >= 0.3 is 5.69 Å². The number of piperidine rings is 2. The van der Waals surface area contributed by atoms with E-state index in [-0.39, 0.29) is 35.2 Å². The molecule has 3 aromatic heterocycles. The van der Waals surface area contributed by atoms with Gasteiger partial charge in [-0.15, -0.1) is 0 Å². The third-order valence-electron chi connectivity index (χ3n) is 12.7. The van der Waals surface area contributed by atoms with Crippen LogP contribution in [0.25, 0.3) is 33.8 Å². The Morgan fingerprint density at radius 3 is 2.42 bits per heavy atom. The Morgan fingerprint density at radius 2 is 1.65 bits per heavy atom. The first-order chi connectivity index (χ1) is 26.6. The van der Waals surface area contributed by atoms with Gasteiger partial charge in [0.25, 0.3) is 5.91 Å². The maximum absolute atomic E-state index is 15.7. The Bertz CT molecular complexity index is 2470. The van der Waals surface area contributed by atoms with E-state index in [4.69, 9.17) is 4.98 Å². The molecule has 7 heterocycles. The largest absolute Gasteiger partial charge is 0.371 e. The summed E-state index contributed by atoms with van der Waals surface area (Å²) in [6.45, 7) is 4.29. The van der Waals surface area contributed by atoms with E-state index in [0.717, 1.165) is 86.6 Å². The monoisotopic (exact) mass is 743 g/mol. The number of nitrogens with one attached hydrogen (secondary N) is 3. The molecule has 1 unspecified atom stereocenters. The van der Waals surface area contributed by atoms with Crippen LogP contribution in [-0.4, -0.2) is 74.5 Å². The van der Waals surface area contributed by atoms with Crippen LogP contribution in [-0.2, 0) is 22.1 Å². The highest BCUT2D eigenvalue weighted by Crippen LogP contribution is 2.50. The summed E-state index contributed by atoms with van der Waals surface area (Å²) >= 11 is 0. The summed E-state index contributed by atoms with van der Waals surface area (Å²) in [7, 11) is 1.72. The van der Waals surface area contributed by atoms with Crippen LogP contribution in [0.4, 0.5) is 15.8 Å². The van der Waals surface area contributed by atoms with Crippen LogP contribution in [0.15, 0.2) is 59.5 Å². The predicted molar refractivity (Wildman–Crippen MR) is 204 cm³/mol. The quantitative estimate of drug-likeness (QED) is 0.208. The Balaban J connectivity index is 0.752. The number of imide groups is 1. The maximum atomic E-state index is 15.7. The van der Waals surface area contributed by atoms with Gasteiger partial charge in [0.05, 0.1) is 33.5 Å². The molecule has 5 aliphatic rings. The molecule has 1 atom stereocenters. The van der Waals surface area contributed by atoms with Gasteiger partial charge in [0.15, 0.2) is 5.82 Å². The highest BCUT2D eigenvalue weighted by atomic mass is 19.1. The van der Waals surface area contributed by atoms with Crippen molar-refractivity contribution in [1.82, 2.24) is 34.7 Å². The minimum Gasteiger partial charge on any atom is -0.371 e. The van der Waals surface area contributed by atoms with Gasteiger partial charge in [0.1, 0.15) is 11.9 Å². The molecular weight excluding hydrogens is 702 g/mol. The Morgan fingerprint density at radius 1 is 0.873 bits per heavy atom. The number of halogens is 1. The zero-order valence-corrected chi connectivity index (χ0v) is 30.6. The third-order valence-corrected chi connectivity index (χ3v) is 12.7. The number of carbonyl (C=O) groups is 3. The second-order valence-corrected chi connectivity index (χ2v) is 16.2. The van der Waals surface area contributed by atoms with Gasteiger partial charge in [-0.2, -0.15) is 0 Å². The lowest BCUT2D eigenvalue weighted by Gasteiger charge is -2.44. The Kier molecular flexibility index (Phi) is 7.76. The molecular formula is C41H42FN9O4. The molecule has 4 fully saturated rings. The van der Waals surface area contributed by atoms with E-state index < -0.39 is 11.9 Å². The second-order valence-electron chi connectivity index (χ2n) is 16.2. The number of anilines is 2. The lowest BCUT2D eigenvalue weighted by Crippen LogP contribution is -2.48. The number of fused-ring (bicyclic) bond motifs is 3. The van der Waals surface area contributed by atoms with Gasteiger partial charge in [-0.25, -0.2) is 19.2 Å². The van der Waals surface area contributed by atoms with Crippen molar-refractivity contribution in [3.63, 3.8) is 0 Å². The van der Waals surface area contributed by atoms with Crippen LogP contribution in [0.3, 0.4) is 0 Å². The summed E-state index contributed by atoms with van der Waals surface area (Å²) in [5, 5.41) is 5.37. The van der Waals surface area contributed by atoms with Crippen molar-refractivity contribution in [3.05, 3.63) is 82.3 Å². The summed E-state index contributed by atoms with van der Waals surface area (Å²) in [4.78, 5) is 67.1. The average Bonchev–Trinajstić information content (AvgIpc) is 3.72. The van der Waals surface area contributed by atoms with E-state index in [1.54, 1.807) is 36.0 Å². The van der Waals surface area contributed by atoms with Crippen LogP contribution in [0.1, 0.15) is 67.0 Å². The molecule has 5 aromatic rings. The molecule has 0 bridgehead atoms. The van der Waals surface area contributed by atoms with Gasteiger partial charge in [-0.3, -0.25) is 28.8 Å². The highest BCUT2D eigenvalue weighted by Gasteiger charge is 2.50. The van der Waals surface area contributed by atoms with Crippen molar-refractivity contribution in [2.75, 3.05) is 42.5 Å². The average molecular weight is 744 g/mol. The van der Waals surface area contributed by atoms with Gasteiger partial charge in [0.2, 0.25) is 11.8 Å². The standard InChI is InChI=1S/C41H42FN9O4/c1-48-34-18-26(3-5-32(34)51(40(48)55)33-6-7-35(52)47-39(33)54)50-20-24(21-50)16-23-9-14-49(15-10-23)25-2-4-27(29(42)17-25)37-43-13-8-30(46-37)31-19-28-36(45-31)41(11-12-41)22-44-38(28)53/h2-5,8,13,17-19,23-24,33,45H,6-7,9-12,14-16,20-22H2,1H3,(H,44,53)(H,47,52,54). The molecule has 1 aliphatic carbocycles. The first-order valence-corrected chi connectivity index (χ1v) is 19.3. The number of hydrogen-bond donors (Lipinski definition) is 3. The molecule has 13 nitrogen and oxygen atoms in total. The van der Waals surface area contributed by atoms with E-state index in [9.17, 15) is 19.2 Å². The number of aryl methyl sites for hydroxylation is 1. The van der Waals surface area contributed by atoms with Gasteiger partial charge < -0.3 is 20.1 Å². The molecule has 10 rings (SSSR count). The molecule has 2 aromatic carbocycles. The number of aromatic nitrogens is 5. The highest BCUT2D eigenvalue weighted by molar-refractivity contribution is 6.00. The number of hydrogen-bond acceptors (Lipinski definition) is 8. The van der Waals surface area contributed by atoms with Gasteiger partial charge in [-0.1, -0.05) is 0 Å². The fourth-order valence-corrected chi connectivity index (χ4v) is 9.33. The number of H-pyrrole nitrogens is 1. The Labute approximate surface area is 315 Å². The van der Waals surface area contributed by atoms with E-state index in [0.29, 0.717) is 53.0 Å². The summed E-state index contributed by atoms with van der Waals surface area (Å²) in [6.07, 6.45) is 7.49. The summed E-state index contributed by atoms with van der Waals surface area (Å²) in [5.41, 5.74) is 6.47. The van der Waals surface area contributed by atoms with Crippen LogP contribution >= 0.6 is 0 Å². The molecule has 3 amide bonds. The summed E-state index contributed by atoms with van der Waals surface area (Å²) in [5.74, 6) is 0.325. The van der Waals surface area contributed by atoms with Gasteiger partial charge in [-0.05, 0) is 98.9 Å². The zero-order chi connectivity index (χ0) is 37.6. The normalized spacial score (nSPS) is 21.1. The maximum Gasteiger partial charge on any atom is 0.329 e. The molecule has 3 N–H and O–H groups in total. The molecule has 1 spiro atoms. The van der Waals surface area contributed by atoms with Crippen molar-refractivity contribution < 1.29 is 18.8 Å². The fourth-order valence-electron chi connectivity index (χ4n) is 9.33. The van der Waals surface area contributed by atoms with E-state index >= 15 is 4.39 Å². The SMILES string of the molecule is Cn1c(=O)n(C2CCC(=O)NC2=O)c2ccc(N3CC(CC4CCN(c5ccc(-c6nccc(-c7cc8c([nH]7)C7(CC7)CNC8=O)n6)c(F)c5)CC4)C3)cc21. The van der Waals surface area contributed by atoms with Crippen LogP contribution < -0.4 is 26.1 Å². The first-order valence-electron chi connectivity index (χ1n) is 19.3. The summed E-state index contributed by atoms with van der Waals surface area (Å²) < 4.78 is 18.8. The second kappa shape index (κ2) is 12.6. The number of aromatic amines is 1. The fraction of sp³-hybridized carbons (Fsp3) is 0.415. The minimum absolute atomic E-state index is 0.00519. The molecule has 1 saturated carbocycles. The number of amides is 3. The van der Waals surface area contributed by atoms with Crippen molar-refractivity contribution in [1.29, 1.82) is 0 Å². The molecule has 55 heavy (non-hydrogen) atoms. The number of benzene rings is 2. The predicted octanol–water partition coefficient (Wildman–Crippen LogP) is 4.43.